The number of benzene rings is 2. The molecule has 0 atom stereocenters. The molecule has 2 aromatic carbocycles. The number of anilines is 1. The van der Waals surface area contributed by atoms with Crippen LogP contribution in [0, 0.1) is 6.92 Å². The minimum absolute atomic E-state index is 0.288. The van der Waals surface area contributed by atoms with Crippen LogP contribution in [0.2, 0.25) is 0 Å². The Balaban J connectivity index is 1.26. The lowest BCUT2D eigenvalue weighted by molar-refractivity contribution is -0.154. The molecule has 30 heavy (non-hydrogen) atoms. The molecule has 0 aromatic heterocycles. The molecule has 6 heteroatoms. The third kappa shape index (κ3) is 4.65. The third-order valence-electron chi connectivity index (χ3n) is 5.89. The molecule has 0 aliphatic carbocycles. The highest BCUT2D eigenvalue weighted by molar-refractivity contribution is 6.01. The summed E-state index contributed by atoms with van der Waals surface area (Å²) >= 11 is 0. The monoisotopic (exact) mass is 407 g/mol. The first kappa shape index (κ1) is 20.4. The summed E-state index contributed by atoms with van der Waals surface area (Å²) in [6, 6.07) is 16.2. The number of aryl methyl sites for hydroxylation is 1. The predicted octanol–water partition coefficient (Wildman–Crippen LogP) is 5.24. The van der Waals surface area contributed by atoms with Crippen molar-refractivity contribution >= 4 is 17.5 Å². The van der Waals surface area contributed by atoms with E-state index in [9.17, 15) is 4.79 Å². The molecule has 0 bridgehead atoms. The van der Waals surface area contributed by atoms with Crippen molar-refractivity contribution in [3.63, 3.8) is 0 Å². The summed E-state index contributed by atoms with van der Waals surface area (Å²) in [5.74, 6) is 0.458. The quantitative estimate of drug-likeness (QED) is 0.753. The summed E-state index contributed by atoms with van der Waals surface area (Å²) in [7, 11) is 0. The lowest BCUT2D eigenvalue weighted by Gasteiger charge is -2.35. The highest BCUT2D eigenvalue weighted by Crippen LogP contribution is 2.36. The van der Waals surface area contributed by atoms with Crippen LogP contribution in [0.3, 0.4) is 0 Å². The Morgan fingerprint density at radius 3 is 2.40 bits per heavy atom. The summed E-state index contributed by atoms with van der Waals surface area (Å²) in [6.07, 6.45) is 1.86. The molecule has 0 unspecified atom stereocenters. The second-order valence-corrected chi connectivity index (χ2v) is 8.56. The summed E-state index contributed by atoms with van der Waals surface area (Å²) in [5.41, 5.74) is 5.01. The Kier molecular flexibility index (Phi) is 5.77. The van der Waals surface area contributed by atoms with E-state index in [-0.39, 0.29) is 5.60 Å². The van der Waals surface area contributed by atoms with Crippen LogP contribution in [-0.2, 0) is 9.68 Å². The van der Waals surface area contributed by atoms with Crippen molar-refractivity contribution in [3.8, 4) is 0 Å². The fraction of sp³-hybridized carbons (Fsp3) is 0.417. The molecule has 1 saturated heterocycles. The van der Waals surface area contributed by atoms with Gasteiger partial charge >= 0.3 is 6.09 Å². The maximum Gasteiger partial charge on any atom is 0.430 e. The Hall–Kier alpha value is -2.86. The van der Waals surface area contributed by atoms with Gasteiger partial charge in [0.05, 0.1) is 5.71 Å². The van der Waals surface area contributed by atoms with E-state index in [1.54, 1.807) is 5.06 Å². The molecule has 6 nitrogen and oxygen atoms in total. The van der Waals surface area contributed by atoms with E-state index in [4.69, 9.17) is 9.68 Å². The van der Waals surface area contributed by atoms with Crippen LogP contribution in [0.15, 0.2) is 53.7 Å². The van der Waals surface area contributed by atoms with E-state index in [1.165, 1.54) is 11.1 Å². The van der Waals surface area contributed by atoms with Crippen molar-refractivity contribution in [2.45, 2.75) is 51.6 Å². The molecule has 2 heterocycles. The zero-order valence-corrected chi connectivity index (χ0v) is 17.9. The summed E-state index contributed by atoms with van der Waals surface area (Å²) in [6.45, 7) is 7.60. The van der Waals surface area contributed by atoms with Gasteiger partial charge in [0.25, 0.3) is 0 Å². The Labute approximate surface area is 177 Å². The van der Waals surface area contributed by atoms with Crippen LogP contribution < -0.4 is 5.32 Å². The lowest BCUT2D eigenvalue weighted by atomic mass is 9.86. The van der Waals surface area contributed by atoms with Crippen LogP contribution in [0.4, 0.5) is 10.5 Å². The molecule has 1 N–H and O–H groups in total. The minimum Gasteiger partial charge on any atom is -0.388 e. The van der Waals surface area contributed by atoms with Crippen LogP contribution in [0.1, 0.15) is 55.7 Å². The van der Waals surface area contributed by atoms with Crippen molar-refractivity contribution in [3.05, 3.63) is 65.2 Å². The molecule has 2 aliphatic heterocycles. The van der Waals surface area contributed by atoms with Gasteiger partial charge in [-0.2, -0.15) is 0 Å². The van der Waals surface area contributed by atoms with Crippen molar-refractivity contribution in [2.75, 3.05) is 18.4 Å². The standard InChI is InChI=1S/C24H29N3O3/c1-17(2)19-8-10-21(11-9-19)25-23(28)29-27-14-12-24(13-15-27)16-22(26-30-24)20-6-4-18(3)5-7-20/h4-11,17H,12-16H2,1-3H3,(H,25,28). The van der Waals surface area contributed by atoms with Crippen LogP contribution in [0.25, 0.3) is 0 Å². The fourth-order valence-electron chi connectivity index (χ4n) is 3.88. The molecular formula is C24H29N3O3. The second-order valence-electron chi connectivity index (χ2n) is 8.56. The third-order valence-corrected chi connectivity index (χ3v) is 5.89. The molecular weight excluding hydrogens is 378 g/mol. The number of oxime groups is 1. The number of hydrogen-bond acceptors (Lipinski definition) is 5. The number of amides is 1. The summed E-state index contributed by atoms with van der Waals surface area (Å²) in [4.78, 5) is 23.6. The SMILES string of the molecule is Cc1ccc(C2=NOC3(CCN(OC(=O)Nc4ccc(C(C)C)cc4)CC3)C2)cc1. The van der Waals surface area contributed by atoms with Gasteiger partial charge in [0.2, 0.25) is 0 Å². The Bertz CT molecular complexity index is 912. The van der Waals surface area contributed by atoms with E-state index in [0.29, 0.717) is 19.0 Å². The smallest absolute Gasteiger partial charge is 0.388 e. The van der Waals surface area contributed by atoms with Crippen molar-refractivity contribution in [1.82, 2.24) is 5.06 Å². The molecule has 2 aromatic rings. The first-order chi connectivity index (χ1) is 14.4. The number of hydroxylamine groups is 2. The maximum absolute atomic E-state index is 12.2. The van der Waals surface area contributed by atoms with Gasteiger partial charge in [0.15, 0.2) is 0 Å². The molecule has 1 fully saturated rings. The molecule has 1 amide bonds. The normalized spacial score (nSPS) is 18.2. The van der Waals surface area contributed by atoms with Gasteiger partial charge in [-0.1, -0.05) is 61.0 Å². The van der Waals surface area contributed by atoms with E-state index >= 15 is 0 Å². The number of rotatable bonds is 4. The van der Waals surface area contributed by atoms with Gasteiger partial charge in [0.1, 0.15) is 5.60 Å². The molecule has 1 spiro atoms. The van der Waals surface area contributed by atoms with Gasteiger partial charge in [-0.05, 0) is 36.1 Å². The average molecular weight is 408 g/mol. The molecule has 0 radical (unpaired) electrons. The first-order valence-corrected chi connectivity index (χ1v) is 10.6. The fourth-order valence-corrected chi connectivity index (χ4v) is 3.88. The van der Waals surface area contributed by atoms with Crippen LogP contribution >= 0.6 is 0 Å². The molecule has 2 aliphatic rings. The highest BCUT2D eigenvalue weighted by Gasteiger charge is 2.43. The topological polar surface area (TPSA) is 63.2 Å². The van der Waals surface area contributed by atoms with Crippen molar-refractivity contribution in [1.29, 1.82) is 0 Å². The lowest BCUT2D eigenvalue weighted by Crippen LogP contribution is -2.45. The Morgan fingerprint density at radius 2 is 1.77 bits per heavy atom. The summed E-state index contributed by atoms with van der Waals surface area (Å²) in [5, 5.41) is 8.85. The highest BCUT2D eigenvalue weighted by atomic mass is 16.7. The second kappa shape index (κ2) is 8.48. The zero-order chi connectivity index (χ0) is 21.1. The summed E-state index contributed by atoms with van der Waals surface area (Å²) < 4.78 is 0. The number of nitrogens with zero attached hydrogens (tertiary/aromatic N) is 2. The number of carbonyl (C=O) groups excluding carboxylic acids is 1. The van der Waals surface area contributed by atoms with Crippen molar-refractivity contribution in [2.24, 2.45) is 5.16 Å². The molecule has 158 valence electrons. The number of piperidine rings is 1. The molecule has 0 saturated carbocycles. The first-order valence-electron chi connectivity index (χ1n) is 10.6. The zero-order valence-electron chi connectivity index (χ0n) is 17.9. The van der Waals surface area contributed by atoms with Gasteiger partial charge < -0.3 is 9.68 Å². The largest absolute Gasteiger partial charge is 0.430 e. The number of hydrogen-bond donors (Lipinski definition) is 1. The van der Waals surface area contributed by atoms with E-state index in [0.717, 1.165) is 36.2 Å². The minimum atomic E-state index is -0.466. The number of nitrogens with one attached hydrogen (secondary N) is 1. The Morgan fingerprint density at radius 1 is 1.10 bits per heavy atom. The van der Waals surface area contributed by atoms with E-state index < -0.39 is 6.09 Å². The maximum atomic E-state index is 12.2. The van der Waals surface area contributed by atoms with Gasteiger partial charge in [-0.25, -0.2) is 4.79 Å². The average Bonchev–Trinajstić information content (AvgIpc) is 3.14. The van der Waals surface area contributed by atoms with Gasteiger partial charge in [0, 0.05) is 38.0 Å². The molecule has 4 rings (SSSR count). The van der Waals surface area contributed by atoms with E-state index in [1.807, 2.05) is 24.3 Å². The van der Waals surface area contributed by atoms with Gasteiger partial charge in [-0.15, -0.1) is 5.06 Å². The van der Waals surface area contributed by atoms with Crippen molar-refractivity contribution < 1.29 is 14.5 Å². The van der Waals surface area contributed by atoms with Crippen LogP contribution in [-0.4, -0.2) is 35.6 Å². The number of carbonyl (C=O) groups is 1. The van der Waals surface area contributed by atoms with Crippen LogP contribution in [0.5, 0.6) is 0 Å². The van der Waals surface area contributed by atoms with E-state index in [2.05, 4.69) is 55.5 Å². The predicted molar refractivity (Wildman–Crippen MR) is 118 cm³/mol. The van der Waals surface area contributed by atoms with Gasteiger partial charge in [-0.3, -0.25) is 5.32 Å².